The lowest BCUT2D eigenvalue weighted by Crippen LogP contribution is -2.48. The van der Waals surface area contributed by atoms with Gasteiger partial charge >= 0.3 is 0 Å². The Morgan fingerprint density at radius 1 is 1.23 bits per heavy atom. The van der Waals surface area contributed by atoms with E-state index in [1.165, 1.54) is 38.5 Å². The Morgan fingerprint density at radius 3 is 2.54 bits per heavy atom. The summed E-state index contributed by atoms with van der Waals surface area (Å²) in [6.07, 6.45) is 8.42. The molecular weight excluding hydrogens is 160 g/mol. The van der Waals surface area contributed by atoms with Crippen molar-refractivity contribution in [1.82, 2.24) is 5.01 Å². The first-order valence-electron chi connectivity index (χ1n) is 5.70. The summed E-state index contributed by atoms with van der Waals surface area (Å²) in [7, 11) is 0. The van der Waals surface area contributed by atoms with Gasteiger partial charge in [-0.1, -0.05) is 19.8 Å². The molecule has 2 fully saturated rings. The standard InChI is InChI=1S/C11H22N2/c1-10-3-6-11(7-4-10)5-2-8-13(12)9-11/h10H,2-9,12H2,1H3. The van der Waals surface area contributed by atoms with Gasteiger partial charge in [-0.3, -0.25) is 5.84 Å². The van der Waals surface area contributed by atoms with Crippen LogP contribution in [0.5, 0.6) is 0 Å². The second-order valence-corrected chi connectivity index (χ2v) is 5.26. The zero-order valence-electron chi connectivity index (χ0n) is 8.76. The molecule has 1 aliphatic heterocycles. The van der Waals surface area contributed by atoms with Gasteiger partial charge in [0.05, 0.1) is 0 Å². The van der Waals surface area contributed by atoms with Gasteiger partial charge in [-0.2, -0.15) is 0 Å². The molecule has 2 N–H and O–H groups in total. The smallest absolute Gasteiger partial charge is 0.0185 e. The molecule has 0 unspecified atom stereocenters. The first-order chi connectivity index (χ1) is 6.20. The molecule has 2 rings (SSSR count). The van der Waals surface area contributed by atoms with Crippen LogP contribution >= 0.6 is 0 Å². The average Bonchev–Trinajstić information content (AvgIpc) is 2.11. The summed E-state index contributed by atoms with van der Waals surface area (Å²) in [4.78, 5) is 0. The molecule has 0 aromatic rings. The second kappa shape index (κ2) is 3.58. The Balaban J connectivity index is 1.95. The molecule has 2 heteroatoms. The molecule has 1 saturated heterocycles. The quantitative estimate of drug-likeness (QED) is 0.582. The van der Waals surface area contributed by atoms with Gasteiger partial charge in [0.2, 0.25) is 0 Å². The number of hydrazine groups is 1. The van der Waals surface area contributed by atoms with Crippen LogP contribution in [-0.2, 0) is 0 Å². The summed E-state index contributed by atoms with van der Waals surface area (Å²) in [6, 6.07) is 0. The fraction of sp³-hybridized carbons (Fsp3) is 1.00. The molecule has 1 saturated carbocycles. The fourth-order valence-electron chi connectivity index (χ4n) is 3.03. The van der Waals surface area contributed by atoms with Crippen LogP contribution in [0.15, 0.2) is 0 Å². The molecule has 0 aromatic carbocycles. The number of nitrogens with two attached hydrogens (primary N) is 1. The van der Waals surface area contributed by atoms with Crippen LogP contribution in [0.4, 0.5) is 0 Å². The van der Waals surface area contributed by atoms with E-state index in [2.05, 4.69) is 6.92 Å². The Morgan fingerprint density at radius 2 is 1.92 bits per heavy atom. The zero-order chi connectivity index (χ0) is 9.31. The minimum atomic E-state index is 0.611. The highest BCUT2D eigenvalue weighted by Crippen LogP contribution is 2.44. The Labute approximate surface area is 81.4 Å². The molecule has 2 aliphatic rings. The third kappa shape index (κ3) is 2.05. The van der Waals surface area contributed by atoms with E-state index in [1.807, 2.05) is 5.01 Å². The van der Waals surface area contributed by atoms with E-state index < -0.39 is 0 Å². The van der Waals surface area contributed by atoms with Crippen LogP contribution < -0.4 is 5.84 Å². The lowest BCUT2D eigenvalue weighted by atomic mass is 9.67. The van der Waals surface area contributed by atoms with Crippen molar-refractivity contribution in [1.29, 1.82) is 0 Å². The highest BCUT2D eigenvalue weighted by Gasteiger charge is 2.37. The van der Waals surface area contributed by atoms with Crippen LogP contribution in [0.3, 0.4) is 0 Å². The molecule has 13 heavy (non-hydrogen) atoms. The van der Waals surface area contributed by atoms with Crippen LogP contribution in [0, 0.1) is 11.3 Å². The molecule has 0 amide bonds. The van der Waals surface area contributed by atoms with Gasteiger partial charge in [0, 0.05) is 13.1 Å². The predicted octanol–water partition coefficient (Wildman–Crippen LogP) is 2.15. The fourth-order valence-corrected chi connectivity index (χ4v) is 3.03. The van der Waals surface area contributed by atoms with Crippen LogP contribution in [0.2, 0.25) is 0 Å². The maximum Gasteiger partial charge on any atom is 0.0185 e. The summed E-state index contributed by atoms with van der Waals surface area (Å²) in [5, 5.41) is 2.04. The number of piperidine rings is 1. The van der Waals surface area contributed by atoms with Gasteiger partial charge in [-0.05, 0) is 37.0 Å². The summed E-state index contributed by atoms with van der Waals surface area (Å²) in [5.41, 5.74) is 0.611. The Bertz CT molecular complexity index is 171. The molecule has 2 nitrogen and oxygen atoms in total. The third-order valence-corrected chi connectivity index (χ3v) is 4.03. The lowest BCUT2D eigenvalue weighted by molar-refractivity contribution is 0.0417. The normalized spacial score (nSPS) is 42.5. The van der Waals surface area contributed by atoms with E-state index in [1.54, 1.807) is 0 Å². The van der Waals surface area contributed by atoms with E-state index >= 15 is 0 Å². The first kappa shape index (κ1) is 9.47. The van der Waals surface area contributed by atoms with E-state index in [4.69, 9.17) is 5.84 Å². The number of nitrogens with zero attached hydrogens (tertiary/aromatic N) is 1. The molecule has 0 bridgehead atoms. The van der Waals surface area contributed by atoms with Gasteiger partial charge in [-0.25, -0.2) is 5.01 Å². The topological polar surface area (TPSA) is 29.3 Å². The molecular formula is C11H22N2. The molecule has 0 aromatic heterocycles. The third-order valence-electron chi connectivity index (χ3n) is 4.03. The minimum Gasteiger partial charge on any atom is -0.269 e. The molecule has 0 radical (unpaired) electrons. The monoisotopic (exact) mass is 182 g/mol. The highest BCUT2D eigenvalue weighted by atomic mass is 15.4. The van der Waals surface area contributed by atoms with E-state index in [0.717, 1.165) is 19.0 Å². The molecule has 1 heterocycles. The lowest BCUT2D eigenvalue weighted by Gasteiger charge is -2.45. The van der Waals surface area contributed by atoms with E-state index in [-0.39, 0.29) is 0 Å². The minimum absolute atomic E-state index is 0.611. The van der Waals surface area contributed by atoms with Crippen molar-refractivity contribution in [2.45, 2.75) is 45.4 Å². The van der Waals surface area contributed by atoms with Gasteiger partial charge in [-0.15, -0.1) is 0 Å². The number of rotatable bonds is 0. The van der Waals surface area contributed by atoms with Gasteiger partial charge in [0.1, 0.15) is 0 Å². The zero-order valence-corrected chi connectivity index (χ0v) is 8.76. The van der Waals surface area contributed by atoms with Crippen LogP contribution in [0.1, 0.15) is 45.4 Å². The first-order valence-corrected chi connectivity index (χ1v) is 5.70. The maximum absolute atomic E-state index is 5.91. The van der Waals surface area contributed by atoms with Gasteiger partial charge in [0.25, 0.3) is 0 Å². The molecule has 0 atom stereocenters. The molecule has 1 spiro atoms. The second-order valence-electron chi connectivity index (χ2n) is 5.26. The Kier molecular flexibility index (Phi) is 2.61. The summed E-state index contributed by atoms with van der Waals surface area (Å²) >= 11 is 0. The van der Waals surface area contributed by atoms with Crippen molar-refractivity contribution in [3.8, 4) is 0 Å². The van der Waals surface area contributed by atoms with Crippen molar-refractivity contribution in [3.05, 3.63) is 0 Å². The van der Waals surface area contributed by atoms with Crippen molar-refractivity contribution in [3.63, 3.8) is 0 Å². The van der Waals surface area contributed by atoms with Crippen molar-refractivity contribution in [2.24, 2.45) is 17.2 Å². The van der Waals surface area contributed by atoms with E-state index in [9.17, 15) is 0 Å². The summed E-state index contributed by atoms with van der Waals surface area (Å²) in [5.74, 6) is 6.87. The Hall–Kier alpha value is -0.0800. The van der Waals surface area contributed by atoms with Crippen molar-refractivity contribution >= 4 is 0 Å². The largest absolute Gasteiger partial charge is 0.269 e. The summed E-state index contributed by atoms with van der Waals surface area (Å²) in [6.45, 7) is 4.65. The van der Waals surface area contributed by atoms with Crippen molar-refractivity contribution < 1.29 is 0 Å². The van der Waals surface area contributed by atoms with Gasteiger partial charge in [0.15, 0.2) is 0 Å². The molecule has 76 valence electrons. The van der Waals surface area contributed by atoms with Crippen LogP contribution in [-0.4, -0.2) is 18.1 Å². The summed E-state index contributed by atoms with van der Waals surface area (Å²) < 4.78 is 0. The van der Waals surface area contributed by atoms with E-state index in [0.29, 0.717) is 5.41 Å². The maximum atomic E-state index is 5.91. The predicted molar refractivity (Wildman–Crippen MR) is 55.1 cm³/mol. The molecule has 1 aliphatic carbocycles. The SMILES string of the molecule is CC1CCC2(CCCN(N)C2)CC1. The van der Waals surface area contributed by atoms with Gasteiger partial charge < -0.3 is 0 Å². The average molecular weight is 182 g/mol. The number of hydrogen-bond donors (Lipinski definition) is 1. The number of hydrogen-bond acceptors (Lipinski definition) is 2. The highest BCUT2D eigenvalue weighted by molar-refractivity contribution is 4.89. The van der Waals surface area contributed by atoms with Crippen LogP contribution in [0.25, 0.3) is 0 Å². The van der Waals surface area contributed by atoms with Crippen molar-refractivity contribution in [2.75, 3.05) is 13.1 Å².